The van der Waals surface area contributed by atoms with E-state index in [4.69, 9.17) is 0 Å². The van der Waals surface area contributed by atoms with Crippen molar-refractivity contribution < 1.29 is 14.3 Å². The molecule has 15 heavy (non-hydrogen) atoms. The minimum Gasteiger partial charge on any atom is -0.457 e. The molecule has 0 saturated carbocycles. The van der Waals surface area contributed by atoms with E-state index < -0.39 is 5.97 Å². The lowest BCUT2D eigenvalue weighted by Crippen LogP contribution is -2.13. The van der Waals surface area contributed by atoms with Gasteiger partial charge in [0.05, 0.1) is 0 Å². The van der Waals surface area contributed by atoms with E-state index in [1.54, 1.807) is 12.1 Å². The fourth-order valence-corrected chi connectivity index (χ4v) is 1.35. The van der Waals surface area contributed by atoms with Gasteiger partial charge in [0.2, 0.25) is 5.78 Å². The van der Waals surface area contributed by atoms with Crippen LogP contribution >= 0.6 is 0 Å². The molecule has 1 aromatic rings. The maximum absolute atomic E-state index is 11.7. The number of aryl methyl sites for hydroxylation is 1. The molecule has 0 aromatic heterocycles. The Kier molecular flexibility index (Phi) is 4.03. The van der Waals surface area contributed by atoms with E-state index in [1.165, 1.54) is 6.92 Å². The number of carbonyl (C=O) groups is 2. The van der Waals surface area contributed by atoms with Crippen LogP contribution in [0.5, 0.6) is 0 Å². The number of ether oxygens (including phenoxy) is 1. The Bertz CT molecular complexity index is 369. The van der Waals surface area contributed by atoms with Crippen molar-refractivity contribution in [1.29, 1.82) is 0 Å². The van der Waals surface area contributed by atoms with E-state index in [1.807, 2.05) is 19.1 Å². The van der Waals surface area contributed by atoms with Gasteiger partial charge in [0, 0.05) is 12.5 Å². The standard InChI is InChI=1S/C12H14O3/c1-3-10-6-4-5-7-11(10)12(14)8-15-9(2)13/h4-7H,3,8H2,1-2H3. The number of Topliss-reactive ketones (excluding diaryl/α,β-unsaturated/α-hetero) is 1. The predicted molar refractivity (Wildman–Crippen MR) is 56.8 cm³/mol. The Morgan fingerprint density at radius 2 is 1.93 bits per heavy atom. The number of esters is 1. The summed E-state index contributed by atoms with van der Waals surface area (Å²) in [4.78, 5) is 22.2. The van der Waals surface area contributed by atoms with Gasteiger partial charge in [-0.05, 0) is 12.0 Å². The first kappa shape index (κ1) is 11.4. The summed E-state index contributed by atoms with van der Waals surface area (Å²) < 4.78 is 4.67. The summed E-state index contributed by atoms with van der Waals surface area (Å²) in [5.41, 5.74) is 1.62. The third-order valence-corrected chi connectivity index (χ3v) is 2.11. The minimum atomic E-state index is -0.433. The quantitative estimate of drug-likeness (QED) is 0.559. The zero-order chi connectivity index (χ0) is 11.3. The van der Waals surface area contributed by atoms with Crippen LogP contribution in [0.25, 0.3) is 0 Å². The van der Waals surface area contributed by atoms with Crippen LogP contribution in [0.3, 0.4) is 0 Å². The molecule has 0 atom stereocenters. The Morgan fingerprint density at radius 3 is 2.53 bits per heavy atom. The van der Waals surface area contributed by atoms with Crippen LogP contribution in [0.1, 0.15) is 29.8 Å². The fraction of sp³-hybridized carbons (Fsp3) is 0.333. The normalized spacial score (nSPS) is 9.73. The van der Waals surface area contributed by atoms with Crippen molar-refractivity contribution in [1.82, 2.24) is 0 Å². The molecule has 0 saturated heterocycles. The molecule has 0 radical (unpaired) electrons. The molecule has 1 aromatic carbocycles. The zero-order valence-electron chi connectivity index (χ0n) is 8.95. The fourth-order valence-electron chi connectivity index (χ4n) is 1.35. The molecule has 0 fully saturated rings. The van der Waals surface area contributed by atoms with Crippen LogP contribution in [0.2, 0.25) is 0 Å². The smallest absolute Gasteiger partial charge is 0.303 e. The Hall–Kier alpha value is -1.64. The number of rotatable bonds is 4. The van der Waals surface area contributed by atoms with Gasteiger partial charge in [-0.1, -0.05) is 31.2 Å². The summed E-state index contributed by atoms with van der Waals surface area (Å²) in [7, 11) is 0. The average molecular weight is 206 g/mol. The van der Waals surface area contributed by atoms with Gasteiger partial charge >= 0.3 is 5.97 Å². The molecule has 0 unspecified atom stereocenters. The second-order valence-corrected chi connectivity index (χ2v) is 3.21. The molecular formula is C12H14O3. The summed E-state index contributed by atoms with van der Waals surface area (Å²) in [6.07, 6.45) is 0.794. The zero-order valence-corrected chi connectivity index (χ0v) is 8.95. The van der Waals surface area contributed by atoms with Crippen LogP contribution in [-0.4, -0.2) is 18.4 Å². The first-order valence-corrected chi connectivity index (χ1v) is 4.89. The summed E-state index contributed by atoms with van der Waals surface area (Å²) >= 11 is 0. The van der Waals surface area contributed by atoms with Crippen LogP contribution in [-0.2, 0) is 16.0 Å². The highest BCUT2D eigenvalue weighted by atomic mass is 16.5. The van der Waals surface area contributed by atoms with Gasteiger partial charge in [-0.2, -0.15) is 0 Å². The van der Waals surface area contributed by atoms with Crippen LogP contribution < -0.4 is 0 Å². The number of carbonyl (C=O) groups excluding carboxylic acids is 2. The molecule has 0 N–H and O–H groups in total. The van der Waals surface area contributed by atoms with E-state index in [0.717, 1.165) is 12.0 Å². The lowest BCUT2D eigenvalue weighted by molar-refractivity contribution is -0.139. The minimum absolute atomic E-state index is 0.150. The van der Waals surface area contributed by atoms with Crippen LogP contribution in [0, 0.1) is 0 Å². The van der Waals surface area contributed by atoms with Crippen LogP contribution in [0.4, 0.5) is 0 Å². The summed E-state index contributed by atoms with van der Waals surface area (Å²) in [5.74, 6) is -0.583. The predicted octanol–water partition coefficient (Wildman–Crippen LogP) is 1.99. The topological polar surface area (TPSA) is 43.4 Å². The van der Waals surface area contributed by atoms with Crippen molar-refractivity contribution >= 4 is 11.8 Å². The van der Waals surface area contributed by atoms with Crippen molar-refractivity contribution in [2.24, 2.45) is 0 Å². The molecule has 0 aliphatic carbocycles. The Labute approximate surface area is 89.1 Å². The molecule has 0 spiro atoms. The molecule has 3 heteroatoms. The number of hydrogen-bond donors (Lipinski definition) is 0. The molecule has 1 rings (SSSR count). The second kappa shape index (κ2) is 5.29. The highest BCUT2D eigenvalue weighted by Crippen LogP contribution is 2.10. The number of benzene rings is 1. The lowest BCUT2D eigenvalue weighted by atomic mass is 10.0. The number of hydrogen-bond acceptors (Lipinski definition) is 3. The van der Waals surface area contributed by atoms with Gasteiger partial charge in [-0.15, -0.1) is 0 Å². The molecule has 3 nitrogen and oxygen atoms in total. The SMILES string of the molecule is CCc1ccccc1C(=O)COC(C)=O. The maximum atomic E-state index is 11.7. The molecule has 0 heterocycles. The molecule has 0 aliphatic heterocycles. The van der Waals surface area contributed by atoms with Gasteiger partial charge in [-0.25, -0.2) is 0 Å². The van der Waals surface area contributed by atoms with Gasteiger partial charge in [0.15, 0.2) is 6.61 Å². The molecule has 0 bridgehead atoms. The molecule has 0 aliphatic rings. The Morgan fingerprint density at radius 1 is 1.27 bits per heavy atom. The monoisotopic (exact) mass is 206 g/mol. The van der Waals surface area contributed by atoms with Crippen molar-refractivity contribution in [2.75, 3.05) is 6.61 Å². The highest BCUT2D eigenvalue weighted by Gasteiger charge is 2.10. The molecule has 80 valence electrons. The van der Waals surface area contributed by atoms with Crippen molar-refractivity contribution in [3.8, 4) is 0 Å². The summed E-state index contributed by atoms with van der Waals surface area (Å²) in [6.45, 7) is 3.10. The Balaban J connectivity index is 2.77. The maximum Gasteiger partial charge on any atom is 0.303 e. The largest absolute Gasteiger partial charge is 0.457 e. The number of ketones is 1. The van der Waals surface area contributed by atoms with Crippen LogP contribution in [0.15, 0.2) is 24.3 Å². The van der Waals surface area contributed by atoms with Crippen molar-refractivity contribution in [3.05, 3.63) is 35.4 Å². The van der Waals surface area contributed by atoms with Crippen molar-refractivity contribution in [3.63, 3.8) is 0 Å². The van der Waals surface area contributed by atoms with E-state index in [2.05, 4.69) is 4.74 Å². The second-order valence-electron chi connectivity index (χ2n) is 3.21. The first-order chi connectivity index (χ1) is 7.15. The third-order valence-electron chi connectivity index (χ3n) is 2.11. The summed E-state index contributed by atoms with van der Waals surface area (Å²) in [6, 6.07) is 7.35. The van der Waals surface area contributed by atoms with E-state index in [9.17, 15) is 9.59 Å². The van der Waals surface area contributed by atoms with E-state index >= 15 is 0 Å². The molecule has 0 amide bonds. The lowest BCUT2D eigenvalue weighted by Gasteiger charge is -2.06. The average Bonchev–Trinajstić information content (AvgIpc) is 2.25. The highest BCUT2D eigenvalue weighted by molar-refractivity contribution is 5.99. The third kappa shape index (κ3) is 3.20. The van der Waals surface area contributed by atoms with Gasteiger partial charge in [-0.3, -0.25) is 9.59 Å². The van der Waals surface area contributed by atoms with Gasteiger partial charge in [0.1, 0.15) is 0 Å². The van der Waals surface area contributed by atoms with Crippen molar-refractivity contribution in [2.45, 2.75) is 20.3 Å². The van der Waals surface area contributed by atoms with E-state index in [-0.39, 0.29) is 12.4 Å². The van der Waals surface area contributed by atoms with Gasteiger partial charge in [0.25, 0.3) is 0 Å². The van der Waals surface area contributed by atoms with E-state index in [0.29, 0.717) is 5.56 Å². The van der Waals surface area contributed by atoms with Gasteiger partial charge < -0.3 is 4.74 Å². The molecular weight excluding hydrogens is 192 g/mol. The summed E-state index contributed by atoms with van der Waals surface area (Å²) in [5, 5.41) is 0. The first-order valence-electron chi connectivity index (χ1n) is 4.89.